The first kappa shape index (κ1) is 20.4. The zero-order valence-corrected chi connectivity index (χ0v) is 17.4. The van der Waals surface area contributed by atoms with Crippen LogP contribution < -0.4 is 10.1 Å². The molecule has 1 amide bonds. The Morgan fingerprint density at radius 3 is 2.39 bits per heavy atom. The molecule has 0 spiro atoms. The van der Waals surface area contributed by atoms with Gasteiger partial charge in [-0.3, -0.25) is 4.79 Å². The summed E-state index contributed by atoms with van der Waals surface area (Å²) in [6.07, 6.45) is 2.80. The molecule has 1 fully saturated rings. The number of nitrogens with zero attached hydrogens (tertiary/aromatic N) is 2. The number of nitrogens with one attached hydrogen (secondary N) is 1. The number of benzene rings is 1. The molecular formula is C20H27N3O4S. The Labute approximate surface area is 166 Å². The Balaban J connectivity index is 1.76. The molecule has 0 bridgehead atoms. The number of piperidine rings is 1. The quantitative estimate of drug-likeness (QED) is 0.801. The second-order valence-electron chi connectivity index (χ2n) is 7.03. The Bertz CT molecular complexity index is 943. The number of carbonyl (C=O) groups is 1. The van der Waals surface area contributed by atoms with Crippen molar-refractivity contribution in [1.82, 2.24) is 14.2 Å². The van der Waals surface area contributed by atoms with Gasteiger partial charge in [0.05, 0.1) is 7.11 Å². The lowest BCUT2D eigenvalue weighted by molar-refractivity contribution is 0.0942. The summed E-state index contributed by atoms with van der Waals surface area (Å²) in [4.78, 5) is 12.9. The van der Waals surface area contributed by atoms with Crippen molar-refractivity contribution in [2.75, 3.05) is 20.2 Å². The van der Waals surface area contributed by atoms with E-state index in [1.165, 1.54) is 10.4 Å². The predicted octanol–water partition coefficient (Wildman–Crippen LogP) is 2.45. The third kappa shape index (κ3) is 4.07. The molecule has 0 unspecified atom stereocenters. The summed E-state index contributed by atoms with van der Waals surface area (Å²) in [5.74, 6) is 0.446. The van der Waals surface area contributed by atoms with Crippen molar-refractivity contribution in [2.24, 2.45) is 7.05 Å². The van der Waals surface area contributed by atoms with Gasteiger partial charge >= 0.3 is 0 Å². The molecule has 2 heterocycles. The van der Waals surface area contributed by atoms with Crippen LogP contribution in [-0.2, 0) is 23.6 Å². The summed E-state index contributed by atoms with van der Waals surface area (Å²) in [6, 6.07) is 8.90. The number of carbonyl (C=O) groups excluding carboxylic acids is 1. The highest BCUT2D eigenvalue weighted by molar-refractivity contribution is 7.89. The van der Waals surface area contributed by atoms with Gasteiger partial charge in [-0.25, -0.2) is 8.42 Å². The van der Waals surface area contributed by atoms with E-state index < -0.39 is 10.0 Å². The molecule has 1 saturated heterocycles. The molecule has 2 aromatic rings. The van der Waals surface area contributed by atoms with Crippen molar-refractivity contribution in [3.8, 4) is 5.75 Å². The van der Waals surface area contributed by atoms with Crippen LogP contribution in [0.5, 0.6) is 5.75 Å². The first-order valence-electron chi connectivity index (χ1n) is 9.42. The third-order valence-electron chi connectivity index (χ3n) is 5.27. The van der Waals surface area contributed by atoms with E-state index >= 15 is 0 Å². The number of ether oxygens (including phenoxy) is 1. The normalized spacial score (nSPS) is 15.4. The van der Waals surface area contributed by atoms with Gasteiger partial charge in [-0.1, -0.05) is 18.6 Å². The lowest BCUT2D eigenvalue weighted by atomic mass is 10.2. The minimum absolute atomic E-state index is 0.214. The van der Waals surface area contributed by atoms with Crippen LogP contribution in [-0.4, -0.2) is 43.4 Å². The van der Waals surface area contributed by atoms with Crippen LogP contribution >= 0.6 is 0 Å². The summed E-state index contributed by atoms with van der Waals surface area (Å²) < 4.78 is 34.3. The molecular weight excluding hydrogens is 378 g/mol. The summed E-state index contributed by atoms with van der Waals surface area (Å²) in [5, 5.41) is 2.86. The number of hydrogen-bond donors (Lipinski definition) is 1. The maximum absolute atomic E-state index is 13.0. The van der Waals surface area contributed by atoms with Crippen LogP contribution in [0.1, 0.15) is 41.0 Å². The lowest BCUT2D eigenvalue weighted by Gasteiger charge is -2.25. The SMILES string of the molecule is COc1ccc(CNC(=O)c2cc(S(=O)(=O)N3CCCCC3)c(C)n2C)cc1. The number of rotatable bonds is 6. The van der Waals surface area contributed by atoms with Crippen molar-refractivity contribution in [3.05, 3.63) is 47.3 Å². The van der Waals surface area contributed by atoms with Gasteiger partial charge in [0.1, 0.15) is 16.3 Å². The molecule has 8 heteroatoms. The van der Waals surface area contributed by atoms with Crippen LogP contribution in [0.2, 0.25) is 0 Å². The molecule has 0 atom stereocenters. The van der Waals surface area contributed by atoms with Crippen LogP contribution in [0.4, 0.5) is 0 Å². The molecule has 3 rings (SSSR count). The largest absolute Gasteiger partial charge is 0.497 e. The monoisotopic (exact) mass is 405 g/mol. The van der Waals surface area contributed by atoms with E-state index in [0.717, 1.165) is 30.6 Å². The maximum Gasteiger partial charge on any atom is 0.268 e. The number of amides is 1. The van der Waals surface area contributed by atoms with Crippen LogP contribution in [0.3, 0.4) is 0 Å². The van der Waals surface area contributed by atoms with Crippen LogP contribution in [0.15, 0.2) is 35.2 Å². The molecule has 1 aromatic carbocycles. The Morgan fingerprint density at radius 1 is 1.14 bits per heavy atom. The topological polar surface area (TPSA) is 80.6 Å². The van der Waals surface area contributed by atoms with Gasteiger partial charge in [-0.05, 0) is 43.5 Å². The molecule has 7 nitrogen and oxygen atoms in total. The molecule has 0 radical (unpaired) electrons. The average Bonchev–Trinajstić information content (AvgIpc) is 3.03. The van der Waals surface area contributed by atoms with Crippen molar-refractivity contribution < 1.29 is 17.9 Å². The van der Waals surface area contributed by atoms with Crippen molar-refractivity contribution in [1.29, 1.82) is 0 Å². The number of aromatic nitrogens is 1. The summed E-state index contributed by atoms with van der Waals surface area (Å²) >= 11 is 0. The highest BCUT2D eigenvalue weighted by Crippen LogP contribution is 2.26. The van der Waals surface area contributed by atoms with Crippen LogP contribution in [0, 0.1) is 6.92 Å². The fourth-order valence-electron chi connectivity index (χ4n) is 3.41. The first-order valence-corrected chi connectivity index (χ1v) is 10.9. The first-order chi connectivity index (χ1) is 13.3. The van der Waals surface area contributed by atoms with Crippen molar-refractivity contribution >= 4 is 15.9 Å². The van der Waals surface area contributed by atoms with Crippen LogP contribution in [0.25, 0.3) is 0 Å². The van der Waals surface area contributed by atoms with E-state index in [2.05, 4.69) is 5.32 Å². The fraction of sp³-hybridized carbons (Fsp3) is 0.450. The minimum Gasteiger partial charge on any atom is -0.497 e. The molecule has 0 aliphatic carbocycles. The Morgan fingerprint density at radius 2 is 1.79 bits per heavy atom. The van der Waals surface area contributed by atoms with E-state index in [0.29, 0.717) is 31.0 Å². The molecule has 1 N–H and O–H groups in total. The van der Waals surface area contributed by atoms with Gasteiger partial charge in [0, 0.05) is 32.4 Å². The third-order valence-corrected chi connectivity index (χ3v) is 7.28. The summed E-state index contributed by atoms with van der Waals surface area (Å²) in [5.41, 5.74) is 1.84. The van der Waals surface area contributed by atoms with E-state index in [-0.39, 0.29) is 10.8 Å². The van der Waals surface area contributed by atoms with E-state index in [4.69, 9.17) is 4.74 Å². The molecule has 1 aliphatic heterocycles. The smallest absolute Gasteiger partial charge is 0.268 e. The fourth-order valence-corrected chi connectivity index (χ4v) is 5.20. The predicted molar refractivity (Wildman–Crippen MR) is 107 cm³/mol. The summed E-state index contributed by atoms with van der Waals surface area (Å²) in [6.45, 7) is 3.16. The highest BCUT2D eigenvalue weighted by Gasteiger charge is 2.30. The number of sulfonamides is 1. The van der Waals surface area contributed by atoms with Crippen molar-refractivity contribution in [2.45, 2.75) is 37.6 Å². The molecule has 1 aliphatic rings. The van der Waals surface area contributed by atoms with Gasteiger partial charge in [-0.15, -0.1) is 0 Å². The number of methoxy groups -OCH3 is 1. The van der Waals surface area contributed by atoms with Gasteiger partial charge in [0.2, 0.25) is 10.0 Å². The molecule has 152 valence electrons. The lowest BCUT2D eigenvalue weighted by Crippen LogP contribution is -2.35. The van der Waals surface area contributed by atoms with Gasteiger partial charge in [0.15, 0.2) is 0 Å². The van der Waals surface area contributed by atoms with Crippen molar-refractivity contribution in [3.63, 3.8) is 0 Å². The van der Waals surface area contributed by atoms with E-state index in [1.54, 1.807) is 25.6 Å². The summed E-state index contributed by atoms with van der Waals surface area (Å²) in [7, 11) is -0.268. The molecule has 28 heavy (non-hydrogen) atoms. The minimum atomic E-state index is -3.58. The molecule has 1 aromatic heterocycles. The van der Waals surface area contributed by atoms with Gasteiger partial charge in [0.25, 0.3) is 5.91 Å². The van der Waals surface area contributed by atoms with Gasteiger partial charge < -0.3 is 14.6 Å². The second kappa shape index (κ2) is 8.36. The maximum atomic E-state index is 13.0. The van der Waals surface area contributed by atoms with E-state index in [9.17, 15) is 13.2 Å². The zero-order valence-electron chi connectivity index (χ0n) is 16.6. The second-order valence-corrected chi connectivity index (χ2v) is 8.94. The molecule has 0 saturated carbocycles. The van der Waals surface area contributed by atoms with E-state index in [1.807, 2.05) is 24.3 Å². The highest BCUT2D eigenvalue weighted by atomic mass is 32.2. The zero-order chi connectivity index (χ0) is 20.3. The average molecular weight is 406 g/mol. The van der Waals surface area contributed by atoms with Gasteiger partial charge in [-0.2, -0.15) is 4.31 Å². The Kier molecular flexibility index (Phi) is 6.10. The standard InChI is InChI=1S/C20H27N3O4S/c1-15-19(28(25,26)23-11-5-4-6-12-23)13-18(22(15)2)20(24)21-14-16-7-9-17(27-3)10-8-16/h7-10,13H,4-6,11-12,14H2,1-3H3,(H,21,24). The Hall–Kier alpha value is -2.32. The number of hydrogen-bond acceptors (Lipinski definition) is 4.